The lowest BCUT2D eigenvalue weighted by molar-refractivity contribution is -0.215. The van der Waals surface area contributed by atoms with E-state index in [-0.39, 0.29) is 95.0 Å². The summed E-state index contributed by atoms with van der Waals surface area (Å²) in [7, 11) is 5.94. The van der Waals surface area contributed by atoms with E-state index in [1.165, 1.54) is 44.1 Å². The van der Waals surface area contributed by atoms with Crippen LogP contribution in [0.2, 0.25) is 0 Å². The van der Waals surface area contributed by atoms with Crippen LogP contribution < -0.4 is 21.7 Å². The molecule has 3 heterocycles. The van der Waals surface area contributed by atoms with Crippen molar-refractivity contribution in [2.75, 3.05) is 45.6 Å². The number of aliphatic hydroxyl groups is 6. The van der Waals surface area contributed by atoms with E-state index in [4.69, 9.17) is 15.7 Å². The second-order valence-electron chi connectivity index (χ2n) is 31.5. The van der Waals surface area contributed by atoms with Crippen molar-refractivity contribution >= 4 is 33.3 Å². The number of carbonyl (C=O) groups excluding carboxylic acids is 1. The van der Waals surface area contributed by atoms with Gasteiger partial charge < -0.3 is 56.9 Å². The third kappa shape index (κ3) is 8.90. The molecular weight excluding hydrogens is 1100 g/mol. The van der Waals surface area contributed by atoms with E-state index < -0.39 is 63.5 Å². The quantitative estimate of drug-likeness (QED) is 0.0385. The first-order chi connectivity index (χ1) is 40.9. The molecule has 85 heavy (non-hydrogen) atoms. The molecule has 13 aliphatic rings. The van der Waals surface area contributed by atoms with Crippen LogP contribution in [0.15, 0.2) is 57.7 Å². The Morgan fingerprint density at radius 1 is 0.906 bits per heavy atom. The normalized spacial score (nSPS) is 45.2. The maximum atomic E-state index is 16.4. The summed E-state index contributed by atoms with van der Waals surface area (Å²) in [6.45, 7) is 8.75. The number of hydrogen-bond donors (Lipinski definition) is 10. The molecule has 14 rings (SSSR count). The Labute approximate surface area is 514 Å². The Hall–Kier alpha value is -2.25. The number of nitrogens with two attached hydrogens (primary N) is 1. The van der Waals surface area contributed by atoms with Crippen LogP contribution in [0.1, 0.15) is 187 Å². The van der Waals surface area contributed by atoms with Gasteiger partial charge in [-0.3, -0.25) is 9.79 Å². The lowest BCUT2D eigenvalue weighted by Crippen LogP contribution is -2.72. The zero-order chi connectivity index (χ0) is 59.1. The van der Waals surface area contributed by atoms with Crippen LogP contribution in [-0.4, -0.2) is 132 Å². The first kappa shape index (κ1) is 60.3. The Morgan fingerprint density at radius 3 is 2.40 bits per heavy atom. The van der Waals surface area contributed by atoms with Crippen molar-refractivity contribution in [3.8, 4) is 0 Å². The van der Waals surface area contributed by atoms with E-state index in [1.54, 1.807) is 23.6 Å². The summed E-state index contributed by atoms with van der Waals surface area (Å²) in [4.78, 5) is 26.3. The minimum Gasteiger partial charge on any atom is -0.396 e. The third-order valence-corrected chi connectivity index (χ3v) is 31.2. The van der Waals surface area contributed by atoms with Gasteiger partial charge in [-0.05, 0) is 218 Å². The average molecular weight is 1210 g/mol. The number of aliphatic hydroxyl groups excluding tert-OH is 5. The monoisotopic (exact) mass is 1210 g/mol. The molecule has 16 heteroatoms. The molecular formula is C69H105N7O7S2. The Morgan fingerprint density at radius 2 is 1.67 bits per heavy atom. The molecule has 0 amide bonds. The highest BCUT2D eigenvalue weighted by molar-refractivity contribution is 8.77. The highest BCUT2D eigenvalue weighted by Crippen LogP contribution is 2.80. The predicted molar refractivity (Wildman–Crippen MR) is 337 cm³/mol. The van der Waals surface area contributed by atoms with E-state index >= 15 is 9.90 Å². The minimum atomic E-state index is -1.70. The van der Waals surface area contributed by atoms with Crippen LogP contribution >= 0.6 is 21.6 Å². The SMILES string of the molecule is CNC[C@H]1[C@@H](O)[C@@H](O)C[C@]2(C3CCCCC3)[C@@H]3C(=CC(=O)[C@H]12)[C@]1(O)[C@@H]2C[C@H]([C@@H]4C[C@H]5CCCC6=C5[C@H](C(=C5CCCC7(CCCC7)[C@H]65)C(C)(C)C[C@@H](n5ccnc5)CSS[C@@]25CCCC52CCNCC2)[C@H]4O)[C@@]1(CO)C[C@H]3CN=C(N)N[C@@H](C)O. The Bertz CT molecular complexity index is 2800. The van der Waals surface area contributed by atoms with E-state index in [0.717, 1.165) is 127 Å². The van der Waals surface area contributed by atoms with Gasteiger partial charge in [0, 0.05) is 77.0 Å². The first-order valence-electron chi connectivity index (χ1n) is 34.4. The predicted octanol–water partition coefficient (Wildman–Crippen LogP) is 9.17. The van der Waals surface area contributed by atoms with Crippen LogP contribution in [-0.2, 0) is 4.79 Å². The number of hydrogen-bond acceptors (Lipinski definition) is 13. The van der Waals surface area contributed by atoms with Crippen LogP contribution in [0.3, 0.4) is 0 Å². The number of nitrogens with one attached hydrogen (secondary N) is 3. The highest BCUT2D eigenvalue weighted by atomic mass is 33.1. The van der Waals surface area contributed by atoms with Gasteiger partial charge in [-0.2, -0.15) is 0 Å². The van der Waals surface area contributed by atoms with Crippen LogP contribution in [0.5, 0.6) is 0 Å². The molecule has 470 valence electrons. The third-order valence-electron chi connectivity index (χ3n) is 27.7. The lowest BCUT2D eigenvalue weighted by Gasteiger charge is -2.68. The first-order valence-corrected chi connectivity index (χ1v) is 36.7. The van der Waals surface area contributed by atoms with Crippen molar-refractivity contribution in [3.63, 3.8) is 0 Å². The smallest absolute Gasteiger partial charge is 0.190 e. The van der Waals surface area contributed by atoms with Crippen LogP contribution in [0.4, 0.5) is 0 Å². The summed E-state index contributed by atoms with van der Waals surface area (Å²) in [5.41, 5.74) is 10.0. The Kier molecular flexibility index (Phi) is 16.0. The number of carbonyl (C=O) groups is 1. The highest BCUT2D eigenvalue weighted by Gasteiger charge is 2.80. The fourth-order valence-electron chi connectivity index (χ4n) is 25.2. The fourth-order valence-corrected chi connectivity index (χ4v) is 29.4. The minimum absolute atomic E-state index is 0.0209. The number of piperidine rings is 1. The molecule has 19 atom stereocenters. The summed E-state index contributed by atoms with van der Waals surface area (Å²) >= 11 is 0. The second kappa shape index (κ2) is 22.5. The number of aliphatic imine (C=N–C) groups is 1. The van der Waals surface area contributed by atoms with Crippen LogP contribution in [0.25, 0.3) is 0 Å². The van der Waals surface area contributed by atoms with Gasteiger partial charge in [0.15, 0.2) is 11.7 Å². The van der Waals surface area contributed by atoms with E-state index in [9.17, 15) is 25.5 Å². The zero-order valence-corrected chi connectivity index (χ0v) is 53.4. The van der Waals surface area contributed by atoms with Crippen LogP contribution in [0, 0.1) is 92.2 Å². The molecule has 14 nitrogen and oxygen atoms in total. The molecule has 11 aliphatic carbocycles. The molecule has 2 saturated heterocycles. The number of guanidine groups is 1. The van der Waals surface area contributed by atoms with Gasteiger partial charge in [-0.1, -0.05) is 96.3 Å². The van der Waals surface area contributed by atoms with Crippen molar-refractivity contribution in [2.45, 2.75) is 222 Å². The average Bonchev–Trinajstić information content (AvgIpc) is 1.58. The lowest BCUT2D eigenvalue weighted by atomic mass is 9.37. The number of fused-ring (bicyclic) bond motifs is 16. The van der Waals surface area contributed by atoms with Gasteiger partial charge in [-0.15, -0.1) is 0 Å². The number of rotatable bonds is 8. The summed E-state index contributed by atoms with van der Waals surface area (Å²) < 4.78 is 1.90. The maximum absolute atomic E-state index is 16.4. The zero-order valence-electron chi connectivity index (χ0n) is 51.8. The number of allylic oxidation sites excluding steroid dienone is 3. The van der Waals surface area contributed by atoms with Crippen molar-refractivity contribution < 1.29 is 35.4 Å². The Balaban J connectivity index is 1.03. The topological polar surface area (TPSA) is 231 Å². The molecule has 0 aromatic carbocycles. The van der Waals surface area contributed by atoms with Gasteiger partial charge in [-0.25, -0.2) is 4.98 Å². The maximum Gasteiger partial charge on any atom is 0.190 e. The number of imidazole rings is 1. The molecule has 0 unspecified atom stereocenters. The molecule has 2 aliphatic heterocycles. The molecule has 3 spiro atoms. The summed E-state index contributed by atoms with van der Waals surface area (Å²) in [6, 6.07) is 0.113. The van der Waals surface area contributed by atoms with Gasteiger partial charge in [0.2, 0.25) is 0 Å². The number of nitrogens with zero attached hydrogens (tertiary/aromatic N) is 3. The van der Waals surface area contributed by atoms with Gasteiger partial charge >= 0.3 is 0 Å². The van der Waals surface area contributed by atoms with E-state index in [2.05, 4.69) is 51.4 Å². The standard InChI is InChI=1S/C69H105N7O7S2/c1-40(78)75-62(70)74-35-42-32-66(38-77)49-31-53(69(66,83)50-30-51(79)58-48(36-71-4)60(81)52(80)34-67(58,56(42)50)43-14-6-5-7-15-43)68(22-12-21-65(68)23-25-72-26-24-65)85-84-37-44(76-28-27-73-39-76)33-63(2,3)59-46-17-11-20-64(18-8-9-19-64)57(46)45-16-10-13-41-29-47(49)61(82)55(59)54(41)45/h27-28,30,39-44,47-49,52-53,55-58,60-61,71-72,77-78,80-83H,5-26,29,31-38H2,1-4H3,(H3,70,74,75)/t40-,41-,42+,44-,47+,48-,49-,52+,53-,55-,56+,57-,58+,60-,61+,66+,67+,68+,69+/m1/s1. The number of aromatic nitrogens is 2. The van der Waals surface area contributed by atoms with Gasteiger partial charge in [0.25, 0.3) is 0 Å². The van der Waals surface area contributed by atoms with E-state index in [0.29, 0.717) is 25.3 Å². The van der Waals surface area contributed by atoms with Crippen molar-refractivity contribution in [3.05, 3.63) is 52.7 Å². The fraction of sp³-hybridized carbons (Fsp3) is 0.841. The molecule has 10 fully saturated rings. The van der Waals surface area contributed by atoms with Crippen molar-refractivity contribution in [1.29, 1.82) is 0 Å². The van der Waals surface area contributed by atoms with Crippen molar-refractivity contribution in [1.82, 2.24) is 25.5 Å². The summed E-state index contributed by atoms with van der Waals surface area (Å²) in [6.07, 6.45) is 29.0. The van der Waals surface area contributed by atoms with E-state index in [1.807, 2.05) is 36.4 Å². The summed E-state index contributed by atoms with van der Waals surface area (Å²) in [5, 5.41) is 89.8. The summed E-state index contributed by atoms with van der Waals surface area (Å²) in [5.74, 6) is -1.48. The number of ketones is 1. The molecule has 0 radical (unpaired) electrons. The second-order valence-corrected chi connectivity index (χ2v) is 34.2. The molecule has 1 aromatic rings. The molecule has 1 aromatic heterocycles. The van der Waals surface area contributed by atoms with Gasteiger partial charge in [0.05, 0.1) is 36.8 Å². The molecule has 8 saturated carbocycles. The molecule has 11 N–H and O–H groups in total. The molecule has 4 bridgehead atoms. The van der Waals surface area contributed by atoms with Crippen molar-refractivity contribution in [2.24, 2.45) is 103 Å². The van der Waals surface area contributed by atoms with Gasteiger partial charge in [0.1, 0.15) is 6.23 Å². The largest absolute Gasteiger partial charge is 0.396 e.